The summed E-state index contributed by atoms with van der Waals surface area (Å²) < 4.78 is 34.9. The van der Waals surface area contributed by atoms with Crippen LogP contribution < -0.4 is 11.1 Å². The maximum atomic E-state index is 13.8. The Labute approximate surface area is 187 Å². The third-order valence-electron chi connectivity index (χ3n) is 5.66. The van der Waals surface area contributed by atoms with Gasteiger partial charge in [0.2, 0.25) is 0 Å². The predicted octanol–water partition coefficient (Wildman–Crippen LogP) is 2.70. The Morgan fingerprint density at radius 2 is 1.76 bits per heavy atom. The summed E-state index contributed by atoms with van der Waals surface area (Å²) in [5, 5.41) is 24.4. The molecule has 3 heterocycles. The summed E-state index contributed by atoms with van der Waals surface area (Å²) in [6, 6.07) is 12.5. The minimum absolute atomic E-state index is 0.0341. The van der Waals surface area contributed by atoms with Crippen molar-refractivity contribution in [1.29, 1.82) is 0 Å². The van der Waals surface area contributed by atoms with Crippen molar-refractivity contribution in [3.63, 3.8) is 0 Å². The molecule has 4 atom stereocenters. The van der Waals surface area contributed by atoms with Gasteiger partial charge in [-0.25, -0.2) is 18.7 Å². The van der Waals surface area contributed by atoms with E-state index in [-0.39, 0.29) is 12.2 Å². The van der Waals surface area contributed by atoms with Crippen LogP contribution in [0, 0.1) is 11.6 Å². The van der Waals surface area contributed by atoms with E-state index in [9.17, 15) is 19.0 Å². The summed E-state index contributed by atoms with van der Waals surface area (Å²) in [5.41, 5.74) is 7.77. The molecule has 8 nitrogen and oxygen atoms in total. The Morgan fingerprint density at radius 1 is 1.03 bits per heavy atom. The molecule has 1 fully saturated rings. The smallest absolute Gasteiger partial charge is 0.164 e. The van der Waals surface area contributed by atoms with Crippen molar-refractivity contribution in [3.8, 4) is 11.1 Å². The van der Waals surface area contributed by atoms with Gasteiger partial charge in [0.1, 0.15) is 47.7 Å². The zero-order valence-electron chi connectivity index (χ0n) is 17.3. The highest BCUT2D eigenvalue weighted by Gasteiger charge is 2.43. The number of hydrogen-bond acceptors (Lipinski definition) is 7. The lowest BCUT2D eigenvalue weighted by Crippen LogP contribution is -2.35. The first kappa shape index (κ1) is 21.4. The van der Waals surface area contributed by atoms with Crippen LogP contribution in [0.1, 0.15) is 6.23 Å². The highest BCUT2D eigenvalue weighted by atomic mass is 19.1. The van der Waals surface area contributed by atoms with Crippen LogP contribution in [0.3, 0.4) is 0 Å². The Hall–Kier alpha value is -3.44. The minimum Gasteiger partial charge on any atom is -0.387 e. The van der Waals surface area contributed by atoms with Gasteiger partial charge >= 0.3 is 0 Å². The molecule has 0 aliphatic carbocycles. The van der Waals surface area contributed by atoms with Crippen molar-refractivity contribution in [3.05, 3.63) is 72.7 Å². The first-order chi connectivity index (χ1) is 16.0. The Bertz CT molecular complexity index is 1280. The van der Waals surface area contributed by atoms with E-state index in [1.165, 1.54) is 6.33 Å². The van der Waals surface area contributed by atoms with Gasteiger partial charge in [0, 0.05) is 30.1 Å². The van der Waals surface area contributed by atoms with Crippen molar-refractivity contribution in [2.45, 2.75) is 24.5 Å². The van der Waals surface area contributed by atoms with Gasteiger partial charge in [-0.2, -0.15) is 0 Å². The minimum atomic E-state index is -1.23. The van der Waals surface area contributed by atoms with Gasteiger partial charge in [0.25, 0.3) is 0 Å². The average molecular weight is 453 g/mol. The molecule has 0 unspecified atom stereocenters. The Kier molecular flexibility index (Phi) is 5.51. The molecule has 4 aromatic rings. The van der Waals surface area contributed by atoms with Gasteiger partial charge in [0.05, 0.1) is 5.39 Å². The first-order valence-electron chi connectivity index (χ1n) is 10.3. The summed E-state index contributed by atoms with van der Waals surface area (Å²) in [7, 11) is 0. The molecule has 33 heavy (non-hydrogen) atoms. The van der Waals surface area contributed by atoms with E-state index in [4.69, 9.17) is 10.5 Å². The highest BCUT2D eigenvalue weighted by Crippen LogP contribution is 2.39. The van der Waals surface area contributed by atoms with Crippen LogP contribution in [0.4, 0.5) is 20.3 Å². The number of aliphatic hydroxyl groups is 2. The van der Waals surface area contributed by atoms with Gasteiger partial charge < -0.3 is 30.6 Å². The Balaban J connectivity index is 1.68. The van der Waals surface area contributed by atoms with Crippen molar-refractivity contribution in [1.82, 2.24) is 14.5 Å². The SMILES string of the molecule is NC[C@@H]1O[C@@H](n2cc(-c3ccccc3)c3c(Nc4cc(F)cc(F)c4)ncnc32)[C@H](O)[C@@H]1O. The summed E-state index contributed by atoms with van der Waals surface area (Å²) in [6.07, 6.45) is -1.04. The lowest BCUT2D eigenvalue weighted by molar-refractivity contribution is -0.0318. The maximum Gasteiger partial charge on any atom is 0.164 e. The van der Waals surface area contributed by atoms with Crippen molar-refractivity contribution in [2.75, 3.05) is 11.9 Å². The average Bonchev–Trinajstić information content (AvgIpc) is 3.32. The number of nitrogens with two attached hydrogens (primary N) is 1. The number of aromatic nitrogens is 3. The number of anilines is 2. The van der Waals surface area contributed by atoms with Crippen molar-refractivity contribution < 1.29 is 23.7 Å². The van der Waals surface area contributed by atoms with E-state index in [0.29, 0.717) is 22.4 Å². The van der Waals surface area contributed by atoms with Crippen LogP contribution in [-0.2, 0) is 4.74 Å². The molecule has 0 bridgehead atoms. The van der Waals surface area contributed by atoms with E-state index in [0.717, 1.165) is 23.8 Å². The molecule has 0 radical (unpaired) electrons. The summed E-state index contributed by atoms with van der Waals surface area (Å²) in [5.74, 6) is -1.15. The number of rotatable bonds is 5. The van der Waals surface area contributed by atoms with Gasteiger partial charge in [0.15, 0.2) is 6.23 Å². The lowest BCUT2D eigenvalue weighted by atomic mass is 10.1. The normalized spacial score (nSPS) is 22.7. The van der Waals surface area contributed by atoms with Gasteiger partial charge in [-0.05, 0) is 17.7 Å². The monoisotopic (exact) mass is 453 g/mol. The second-order valence-electron chi connectivity index (χ2n) is 7.80. The third kappa shape index (κ3) is 3.83. The van der Waals surface area contributed by atoms with E-state index < -0.39 is 36.2 Å². The maximum absolute atomic E-state index is 13.8. The second-order valence-corrected chi connectivity index (χ2v) is 7.80. The van der Waals surface area contributed by atoms with Crippen LogP contribution in [0.2, 0.25) is 0 Å². The Morgan fingerprint density at radius 3 is 2.42 bits per heavy atom. The molecule has 1 aliphatic heterocycles. The number of aliphatic hydroxyl groups excluding tert-OH is 2. The second kappa shape index (κ2) is 8.49. The molecule has 170 valence electrons. The predicted molar refractivity (Wildman–Crippen MR) is 118 cm³/mol. The van der Waals surface area contributed by atoms with Gasteiger partial charge in [-0.1, -0.05) is 30.3 Å². The zero-order chi connectivity index (χ0) is 23.1. The summed E-state index contributed by atoms with van der Waals surface area (Å²) in [4.78, 5) is 8.68. The van der Waals surface area contributed by atoms with E-state index in [2.05, 4.69) is 15.3 Å². The number of ether oxygens (including phenoxy) is 1. The molecule has 0 saturated carbocycles. The number of benzene rings is 2. The molecular formula is C23H21F2N5O3. The van der Waals surface area contributed by atoms with Crippen LogP contribution in [-0.4, -0.2) is 49.6 Å². The number of hydrogen-bond donors (Lipinski definition) is 4. The fourth-order valence-electron chi connectivity index (χ4n) is 4.13. The molecular weight excluding hydrogens is 432 g/mol. The van der Waals surface area contributed by atoms with Gasteiger partial charge in [-0.15, -0.1) is 0 Å². The molecule has 0 spiro atoms. The molecule has 10 heteroatoms. The van der Waals surface area contributed by atoms with E-state index >= 15 is 0 Å². The number of halogens is 2. The van der Waals surface area contributed by atoms with Crippen LogP contribution in [0.25, 0.3) is 22.2 Å². The molecule has 0 amide bonds. The van der Waals surface area contributed by atoms with Gasteiger partial charge in [-0.3, -0.25) is 0 Å². The molecule has 5 rings (SSSR count). The standard InChI is InChI=1S/C23H21F2N5O3/c24-13-6-14(25)8-15(7-13)29-21-18-16(12-4-2-1-3-5-12)10-30(22(18)28-11-27-21)23-20(32)19(31)17(9-26)33-23/h1-8,10-11,17,19-20,23,31-32H,9,26H2,(H,27,28,29)/t17-,19+,20+,23+/m0/s1. The number of nitrogens with zero attached hydrogens (tertiary/aromatic N) is 3. The zero-order valence-corrected chi connectivity index (χ0v) is 17.3. The van der Waals surface area contributed by atoms with Crippen molar-refractivity contribution in [2.24, 2.45) is 5.73 Å². The fourth-order valence-corrected chi connectivity index (χ4v) is 4.13. The molecule has 1 saturated heterocycles. The first-order valence-corrected chi connectivity index (χ1v) is 10.3. The topological polar surface area (TPSA) is 118 Å². The van der Waals surface area contributed by atoms with Crippen LogP contribution >= 0.6 is 0 Å². The summed E-state index contributed by atoms with van der Waals surface area (Å²) in [6.45, 7) is 0.0341. The molecule has 1 aliphatic rings. The fraction of sp³-hybridized carbons (Fsp3) is 0.217. The highest BCUT2D eigenvalue weighted by molar-refractivity contribution is 6.02. The largest absolute Gasteiger partial charge is 0.387 e. The quantitative estimate of drug-likeness (QED) is 0.367. The summed E-state index contributed by atoms with van der Waals surface area (Å²) >= 11 is 0. The molecule has 2 aromatic heterocycles. The number of nitrogens with one attached hydrogen (secondary N) is 1. The van der Waals surface area contributed by atoms with E-state index in [1.54, 1.807) is 10.8 Å². The molecule has 5 N–H and O–H groups in total. The van der Waals surface area contributed by atoms with Crippen LogP contribution in [0.5, 0.6) is 0 Å². The third-order valence-corrected chi connectivity index (χ3v) is 5.66. The number of fused-ring (bicyclic) bond motifs is 1. The van der Waals surface area contributed by atoms with E-state index in [1.807, 2.05) is 30.3 Å². The van der Waals surface area contributed by atoms with Crippen molar-refractivity contribution >= 4 is 22.5 Å². The molecule has 2 aromatic carbocycles. The van der Waals surface area contributed by atoms with Crippen LogP contribution in [0.15, 0.2) is 61.1 Å². The lowest BCUT2D eigenvalue weighted by Gasteiger charge is -2.17.